The summed E-state index contributed by atoms with van der Waals surface area (Å²) in [6, 6.07) is 8.66. The Labute approximate surface area is 91.1 Å². The van der Waals surface area contributed by atoms with Gasteiger partial charge in [-0.25, -0.2) is 0 Å². The Balaban J connectivity index is 2.08. The molecule has 15 heavy (non-hydrogen) atoms. The van der Waals surface area contributed by atoms with Crippen LogP contribution in [-0.4, -0.2) is 11.3 Å². The Morgan fingerprint density at radius 3 is 3.00 bits per heavy atom. The molecule has 1 aliphatic carbocycles. The average Bonchev–Trinajstić information content (AvgIpc) is 2.26. The van der Waals surface area contributed by atoms with Crippen LogP contribution in [0.15, 0.2) is 24.3 Å². The topological polar surface area (TPSA) is 46.2 Å². The lowest BCUT2D eigenvalue weighted by atomic mass is 9.80. The second-order valence-electron chi connectivity index (χ2n) is 4.43. The van der Waals surface area contributed by atoms with Crippen LogP contribution in [0.3, 0.4) is 0 Å². The first-order chi connectivity index (χ1) is 7.27. The van der Waals surface area contributed by atoms with Crippen molar-refractivity contribution >= 4 is 0 Å². The van der Waals surface area contributed by atoms with Gasteiger partial charge in [0.2, 0.25) is 0 Å². The van der Waals surface area contributed by atoms with Gasteiger partial charge >= 0.3 is 0 Å². The van der Waals surface area contributed by atoms with E-state index in [9.17, 15) is 0 Å². The molecule has 0 aromatic heterocycles. The maximum absolute atomic E-state index is 9.11. The summed E-state index contributed by atoms with van der Waals surface area (Å²) in [6.07, 6.45) is 4.77. The second-order valence-corrected chi connectivity index (χ2v) is 4.43. The number of aryl methyl sites for hydroxylation is 1. The number of aliphatic hydroxyl groups is 1. The van der Waals surface area contributed by atoms with E-state index in [1.54, 1.807) is 0 Å². The highest BCUT2D eigenvalue weighted by atomic mass is 16.3. The lowest BCUT2D eigenvalue weighted by Gasteiger charge is -2.25. The largest absolute Gasteiger partial charge is 0.379 e. The molecule has 0 amide bonds. The van der Waals surface area contributed by atoms with Crippen LogP contribution in [-0.2, 0) is 6.42 Å². The average molecular weight is 205 g/mol. The van der Waals surface area contributed by atoms with Crippen molar-refractivity contribution in [3.63, 3.8) is 0 Å². The Bertz CT molecular complexity index is 322. The fraction of sp³-hybridized carbons (Fsp3) is 0.538. The number of aliphatic hydroxyl groups excluding tert-OH is 1. The van der Waals surface area contributed by atoms with Crippen LogP contribution in [0.1, 0.15) is 42.7 Å². The molecule has 1 aliphatic rings. The standard InChI is InChI=1S/C13H19NO/c14-13(15)9-8-11-6-3-5-10-4-1-2-7-12(10)11/h1-2,4,7,11,13,15H,3,5-6,8-9,14H2. The summed E-state index contributed by atoms with van der Waals surface area (Å²) in [6.45, 7) is 0. The first-order valence-corrected chi connectivity index (χ1v) is 5.79. The van der Waals surface area contributed by atoms with Crippen LogP contribution in [0.4, 0.5) is 0 Å². The third-order valence-electron chi connectivity index (χ3n) is 3.30. The van der Waals surface area contributed by atoms with Gasteiger partial charge in [-0.1, -0.05) is 24.3 Å². The smallest absolute Gasteiger partial charge is 0.102 e. The quantitative estimate of drug-likeness (QED) is 0.743. The SMILES string of the molecule is NC(O)CCC1CCCc2ccccc21. The van der Waals surface area contributed by atoms with E-state index in [4.69, 9.17) is 10.8 Å². The molecule has 0 saturated carbocycles. The van der Waals surface area contributed by atoms with Gasteiger partial charge < -0.3 is 10.8 Å². The van der Waals surface area contributed by atoms with Crippen LogP contribution in [0.5, 0.6) is 0 Å². The van der Waals surface area contributed by atoms with Gasteiger partial charge in [-0.15, -0.1) is 0 Å². The van der Waals surface area contributed by atoms with Gasteiger partial charge in [-0.2, -0.15) is 0 Å². The monoisotopic (exact) mass is 205 g/mol. The van der Waals surface area contributed by atoms with E-state index >= 15 is 0 Å². The molecule has 3 N–H and O–H groups in total. The Morgan fingerprint density at radius 1 is 1.40 bits per heavy atom. The summed E-state index contributed by atoms with van der Waals surface area (Å²) < 4.78 is 0. The Kier molecular flexibility index (Phi) is 3.39. The van der Waals surface area contributed by atoms with Crippen molar-refractivity contribution in [1.82, 2.24) is 0 Å². The van der Waals surface area contributed by atoms with Gasteiger partial charge in [-0.05, 0) is 49.1 Å². The maximum Gasteiger partial charge on any atom is 0.102 e. The van der Waals surface area contributed by atoms with Crippen molar-refractivity contribution in [3.8, 4) is 0 Å². The van der Waals surface area contributed by atoms with Gasteiger partial charge in [0.1, 0.15) is 6.23 Å². The van der Waals surface area contributed by atoms with Crippen molar-refractivity contribution < 1.29 is 5.11 Å². The maximum atomic E-state index is 9.11. The van der Waals surface area contributed by atoms with Gasteiger partial charge in [0.25, 0.3) is 0 Å². The van der Waals surface area contributed by atoms with Crippen LogP contribution in [0.2, 0.25) is 0 Å². The molecule has 0 aliphatic heterocycles. The van der Waals surface area contributed by atoms with E-state index in [2.05, 4.69) is 24.3 Å². The first kappa shape index (κ1) is 10.7. The molecule has 2 rings (SSSR count). The normalized spacial score (nSPS) is 22.1. The van der Waals surface area contributed by atoms with E-state index in [1.165, 1.54) is 30.4 Å². The molecule has 2 atom stereocenters. The minimum Gasteiger partial charge on any atom is -0.379 e. The summed E-state index contributed by atoms with van der Waals surface area (Å²) >= 11 is 0. The molecule has 1 aromatic rings. The summed E-state index contributed by atoms with van der Waals surface area (Å²) in [5.74, 6) is 0.605. The molecule has 0 saturated heterocycles. The highest BCUT2D eigenvalue weighted by Crippen LogP contribution is 2.34. The number of benzene rings is 1. The zero-order valence-corrected chi connectivity index (χ0v) is 9.02. The predicted octanol–water partition coefficient (Wildman–Crippen LogP) is 2.16. The lowest BCUT2D eigenvalue weighted by molar-refractivity contribution is 0.165. The molecule has 0 fully saturated rings. The number of hydrogen-bond donors (Lipinski definition) is 2. The number of hydrogen-bond acceptors (Lipinski definition) is 2. The zero-order chi connectivity index (χ0) is 10.7. The van der Waals surface area contributed by atoms with Crippen LogP contribution >= 0.6 is 0 Å². The lowest BCUT2D eigenvalue weighted by Crippen LogP contribution is -2.20. The minimum atomic E-state index is -0.654. The van der Waals surface area contributed by atoms with E-state index in [0.717, 1.165) is 6.42 Å². The Morgan fingerprint density at radius 2 is 2.20 bits per heavy atom. The molecule has 2 nitrogen and oxygen atoms in total. The van der Waals surface area contributed by atoms with Crippen molar-refractivity contribution in [2.75, 3.05) is 0 Å². The number of nitrogens with two attached hydrogens (primary N) is 1. The molecule has 1 aromatic carbocycles. The molecule has 2 unspecified atom stereocenters. The molecule has 82 valence electrons. The Hall–Kier alpha value is -0.860. The summed E-state index contributed by atoms with van der Waals surface area (Å²) in [4.78, 5) is 0. The molecular weight excluding hydrogens is 186 g/mol. The molecule has 2 heteroatoms. The molecule has 0 bridgehead atoms. The summed E-state index contributed by atoms with van der Waals surface area (Å²) in [5.41, 5.74) is 8.35. The first-order valence-electron chi connectivity index (χ1n) is 5.79. The minimum absolute atomic E-state index is 0.605. The van der Waals surface area contributed by atoms with Gasteiger partial charge in [-0.3, -0.25) is 0 Å². The van der Waals surface area contributed by atoms with E-state index in [0.29, 0.717) is 12.3 Å². The van der Waals surface area contributed by atoms with Gasteiger partial charge in [0.15, 0.2) is 0 Å². The molecule has 0 radical (unpaired) electrons. The highest BCUT2D eigenvalue weighted by molar-refractivity contribution is 5.32. The fourth-order valence-electron chi connectivity index (χ4n) is 2.53. The summed E-state index contributed by atoms with van der Waals surface area (Å²) in [7, 11) is 0. The highest BCUT2D eigenvalue weighted by Gasteiger charge is 2.19. The van der Waals surface area contributed by atoms with Gasteiger partial charge in [0.05, 0.1) is 0 Å². The molecule has 0 spiro atoms. The second kappa shape index (κ2) is 4.77. The van der Waals surface area contributed by atoms with Crippen LogP contribution in [0, 0.1) is 0 Å². The van der Waals surface area contributed by atoms with Crippen LogP contribution < -0.4 is 5.73 Å². The number of rotatable bonds is 3. The van der Waals surface area contributed by atoms with Crippen molar-refractivity contribution in [1.29, 1.82) is 0 Å². The van der Waals surface area contributed by atoms with Crippen LogP contribution in [0.25, 0.3) is 0 Å². The van der Waals surface area contributed by atoms with Gasteiger partial charge in [0, 0.05) is 0 Å². The molecular formula is C13H19NO. The third-order valence-corrected chi connectivity index (χ3v) is 3.30. The molecule has 0 heterocycles. The summed E-state index contributed by atoms with van der Waals surface area (Å²) in [5, 5.41) is 9.11. The van der Waals surface area contributed by atoms with Crippen molar-refractivity contribution in [2.45, 2.75) is 44.2 Å². The van der Waals surface area contributed by atoms with E-state index in [-0.39, 0.29) is 0 Å². The van der Waals surface area contributed by atoms with Crippen molar-refractivity contribution in [3.05, 3.63) is 35.4 Å². The third kappa shape index (κ3) is 2.58. The predicted molar refractivity (Wildman–Crippen MR) is 61.5 cm³/mol. The zero-order valence-electron chi connectivity index (χ0n) is 9.02. The fourth-order valence-corrected chi connectivity index (χ4v) is 2.53. The van der Waals surface area contributed by atoms with Crippen molar-refractivity contribution in [2.24, 2.45) is 5.73 Å². The number of fused-ring (bicyclic) bond motifs is 1. The van der Waals surface area contributed by atoms with E-state index in [1.807, 2.05) is 0 Å². The van der Waals surface area contributed by atoms with E-state index < -0.39 is 6.23 Å².